The zero-order valence-electron chi connectivity index (χ0n) is 17.4. The number of ether oxygens (including phenoxy) is 1. The zero-order valence-corrected chi connectivity index (χ0v) is 17.4. The van der Waals surface area contributed by atoms with Crippen molar-refractivity contribution in [2.45, 2.75) is 13.5 Å². The van der Waals surface area contributed by atoms with Gasteiger partial charge in [-0.1, -0.05) is 42.1 Å². The highest BCUT2D eigenvalue weighted by atomic mass is 16.5. The Bertz CT molecular complexity index is 1280. The van der Waals surface area contributed by atoms with Crippen molar-refractivity contribution >= 4 is 22.3 Å². The van der Waals surface area contributed by atoms with Crippen LogP contribution in [0.2, 0.25) is 0 Å². The van der Waals surface area contributed by atoms with Gasteiger partial charge in [0.1, 0.15) is 12.4 Å². The molecule has 156 valence electrons. The molecule has 2 N–H and O–H groups in total. The Hall–Kier alpha value is -4.13. The molecule has 0 unspecified atom stereocenters. The summed E-state index contributed by atoms with van der Waals surface area (Å²) >= 11 is 0. The van der Waals surface area contributed by atoms with Crippen LogP contribution in [0.25, 0.3) is 27.7 Å². The number of imidazole rings is 1. The molecule has 0 amide bonds. The Morgan fingerprint density at radius 1 is 1.26 bits per heavy atom. The number of hydrogen-bond acceptors (Lipinski definition) is 5. The number of benzene rings is 2. The summed E-state index contributed by atoms with van der Waals surface area (Å²) < 4.78 is 7.98. The van der Waals surface area contributed by atoms with Gasteiger partial charge in [0, 0.05) is 18.2 Å². The first-order valence-corrected chi connectivity index (χ1v) is 9.79. The molecule has 2 aromatic carbocycles. The van der Waals surface area contributed by atoms with E-state index in [1.165, 1.54) is 0 Å². The number of H-pyrrole nitrogens is 1. The second-order valence-corrected chi connectivity index (χ2v) is 7.15. The van der Waals surface area contributed by atoms with Gasteiger partial charge in [-0.3, -0.25) is 5.10 Å². The van der Waals surface area contributed by atoms with Crippen molar-refractivity contribution in [3.63, 3.8) is 0 Å². The van der Waals surface area contributed by atoms with Crippen molar-refractivity contribution in [1.29, 1.82) is 0 Å². The van der Waals surface area contributed by atoms with Crippen molar-refractivity contribution in [1.82, 2.24) is 19.7 Å². The monoisotopic (exact) mass is 413 g/mol. The third kappa shape index (κ3) is 4.11. The van der Waals surface area contributed by atoms with E-state index in [0.29, 0.717) is 12.3 Å². The standard InChI is InChI=1S/C24H23N5O2/c1-4-17(12-16(2)28-30)21-13-26-27-22(21)14-31-19-10-8-18(9-11-19)20-6-5-7-23-24(20)25-15-29(23)3/h4-13,15,30H,1,14H2,2-3H3,(H,26,27)/b17-12+,28-16?. The van der Waals surface area contributed by atoms with Gasteiger partial charge in [-0.2, -0.15) is 5.10 Å². The molecule has 7 nitrogen and oxygen atoms in total. The molecule has 31 heavy (non-hydrogen) atoms. The van der Waals surface area contributed by atoms with E-state index in [1.807, 2.05) is 48.3 Å². The van der Waals surface area contributed by atoms with Crippen LogP contribution in [0, 0.1) is 0 Å². The third-order valence-corrected chi connectivity index (χ3v) is 5.07. The summed E-state index contributed by atoms with van der Waals surface area (Å²) in [4.78, 5) is 4.53. The highest BCUT2D eigenvalue weighted by Crippen LogP contribution is 2.29. The number of para-hydroxylation sites is 1. The highest BCUT2D eigenvalue weighted by Gasteiger charge is 2.11. The average Bonchev–Trinajstić information content (AvgIpc) is 3.43. The van der Waals surface area contributed by atoms with Crippen molar-refractivity contribution in [2.75, 3.05) is 0 Å². The maximum absolute atomic E-state index is 8.92. The van der Waals surface area contributed by atoms with Gasteiger partial charge in [0.25, 0.3) is 0 Å². The first-order chi connectivity index (χ1) is 15.1. The average molecular weight is 413 g/mol. The molecule has 0 spiro atoms. The number of aryl methyl sites for hydroxylation is 1. The number of fused-ring (bicyclic) bond motifs is 1. The first-order valence-electron chi connectivity index (χ1n) is 9.79. The summed E-state index contributed by atoms with van der Waals surface area (Å²) in [5, 5.41) is 19.2. The Labute approximate surface area is 180 Å². The molecule has 7 heteroatoms. The number of nitrogens with one attached hydrogen (secondary N) is 1. The topological polar surface area (TPSA) is 88.3 Å². The van der Waals surface area contributed by atoms with E-state index in [2.05, 4.69) is 39.0 Å². The highest BCUT2D eigenvalue weighted by molar-refractivity contribution is 6.00. The summed E-state index contributed by atoms with van der Waals surface area (Å²) in [5.41, 5.74) is 7.15. The van der Waals surface area contributed by atoms with E-state index in [-0.39, 0.29) is 0 Å². The van der Waals surface area contributed by atoms with Gasteiger partial charge in [0.15, 0.2) is 0 Å². The SMILES string of the molecule is C=C/C(=C\C(C)=NO)c1cn[nH]c1COc1ccc(-c2cccc3c2ncn3C)cc1. The van der Waals surface area contributed by atoms with E-state index in [1.54, 1.807) is 25.3 Å². The normalized spacial score (nSPS) is 12.3. The van der Waals surface area contributed by atoms with Gasteiger partial charge in [0.05, 0.1) is 35.0 Å². The quantitative estimate of drug-likeness (QED) is 0.194. The fraction of sp³-hybridized carbons (Fsp3) is 0.125. The molecular weight excluding hydrogens is 390 g/mol. The minimum Gasteiger partial charge on any atom is -0.487 e. The van der Waals surface area contributed by atoms with Crippen LogP contribution in [0.15, 0.2) is 78.9 Å². The number of rotatable bonds is 7. The van der Waals surface area contributed by atoms with E-state index >= 15 is 0 Å². The minimum absolute atomic E-state index is 0.311. The van der Waals surface area contributed by atoms with E-state index in [0.717, 1.165) is 44.7 Å². The van der Waals surface area contributed by atoms with Gasteiger partial charge in [-0.15, -0.1) is 0 Å². The summed E-state index contributed by atoms with van der Waals surface area (Å²) in [6.45, 7) is 5.84. The van der Waals surface area contributed by atoms with E-state index in [4.69, 9.17) is 9.94 Å². The van der Waals surface area contributed by atoms with Crippen LogP contribution < -0.4 is 4.74 Å². The Balaban J connectivity index is 1.52. The largest absolute Gasteiger partial charge is 0.487 e. The maximum Gasteiger partial charge on any atom is 0.130 e. The molecule has 0 fully saturated rings. The molecule has 0 aliphatic heterocycles. The molecule has 0 bridgehead atoms. The molecule has 0 saturated carbocycles. The molecule has 0 saturated heterocycles. The van der Waals surface area contributed by atoms with Crippen LogP contribution >= 0.6 is 0 Å². The Morgan fingerprint density at radius 3 is 2.81 bits per heavy atom. The first kappa shape index (κ1) is 20.2. The summed E-state index contributed by atoms with van der Waals surface area (Å²) in [6, 6.07) is 14.1. The van der Waals surface area contributed by atoms with Crippen LogP contribution in [-0.4, -0.2) is 30.7 Å². The van der Waals surface area contributed by atoms with Crippen LogP contribution in [0.1, 0.15) is 18.2 Å². The molecular formula is C24H23N5O2. The molecule has 4 aromatic rings. The number of aromatic nitrogens is 4. The molecule has 0 atom stereocenters. The summed E-state index contributed by atoms with van der Waals surface area (Å²) in [6.07, 6.45) is 6.95. The van der Waals surface area contributed by atoms with Gasteiger partial charge in [-0.05, 0) is 42.3 Å². The van der Waals surface area contributed by atoms with Crippen molar-refractivity contribution in [3.8, 4) is 16.9 Å². The van der Waals surface area contributed by atoms with Crippen LogP contribution in [0.3, 0.4) is 0 Å². The van der Waals surface area contributed by atoms with Gasteiger partial charge in [0.2, 0.25) is 0 Å². The molecule has 2 aromatic heterocycles. The second-order valence-electron chi connectivity index (χ2n) is 7.15. The summed E-state index contributed by atoms with van der Waals surface area (Å²) in [7, 11) is 1.99. The molecule has 2 heterocycles. The molecule has 0 aliphatic rings. The lowest BCUT2D eigenvalue weighted by molar-refractivity contribution is 0.301. The van der Waals surface area contributed by atoms with E-state index in [9.17, 15) is 0 Å². The number of nitrogens with zero attached hydrogens (tertiary/aromatic N) is 4. The van der Waals surface area contributed by atoms with Gasteiger partial charge >= 0.3 is 0 Å². The maximum atomic E-state index is 8.92. The number of hydrogen-bond donors (Lipinski definition) is 2. The second kappa shape index (κ2) is 8.71. The zero-order chi connectivity index (χ0) is 21.8. The third-order valence-electron chi connectivity index (χ3n) is 5.07. The number of aromatic amines is 1. The Kier molecular flexibility index (Phi) is 5.66. The smallest absolute Gasteiger partial charge is 0.130 e. The predicted octanol–water partition coefficient (Wildman–Crippen LogP) is 4.96. The minimum atomic E-state index is 0.311. The van der Waals surface area contributed by atoms with Crippen molar-refractivity contribution < 1.29 is 9.94 Å². The van der Waals surface area contributed by atoms with E-state index < -0.39 is 0 Å². The van der Waals surface area contributed by atoms with Crippen LogP contribution in [0.5, 0.6) is 5.75 Å². The van der Waals surface area contributed by atoms with Crippen molar-refractivity contribution in [3.05, 3.63) is 85.0 Å². The van der Waals surface area contributed by atoms with Crippen LogP contribution in [-0.2, 0) is 13.7 Å². The fourth-order valence-corrected chi connectivity index (χ4v) is 3.45. The Morgan fingerprint density at radius 2 is 2.06 bits per heavy atom. The lowest BCUT2D eigenvalue weighted by Gasteiger charge is -2.09. The van der Waals surface area contributed by atoms with Gasteiger partial charge in [-0.25, -0.2) is 4.98 Å². The predicted molar refractivity (Wildman–Crippen MR) is 122 cm³/mol. The lowest BCUT2D eigenvalue weighted by atomic mass is 10.0. The number of allylic oxidation sites excluding steroid dienone is 3. The fourth-order valence-electron chi connectivity index (χ4n) is 3.45. The molecule has 4 rings (SSSR count). The molecule has 0 radical (unpaired) electrons. The van der Waals surface area contributed by atoms with Gasteiger partial charge < -0.3 is 14.5 Å². The lowest BCUT2D eigenvalue weighted by Crippen LogP contribution is -1.99. The number of oxime groups is 1. The summed E-state index contributed by atoms with van der Waals surface area (Å²) in [5.74, 6) is 0.745. The van der Waals surface area contributed by atoms with Crippen molar-refractivity contribution in [2.24, 2.45) is 12.2 Å². The van der Waals surface area contributed by atoms with Crippen LogP contribution in [0.4, 0.5) is 0 Å². The molecule has 0 aliphatic carbocycles.